The fraction of sp³-hybridized carbons (Fsp3) is 0.417. The number of hydrogen-bond donors (Lipinski definition) is 2. The van der Waals surface area contributed by atoms with Gasteiger partial charge >= 0.3 is 0 Å². The molecule has 108 valence electrons. The highest BCUT2D eigenvalue weighted by atomic mass is 127. The van der Waals surface area contributed by atoms with Crippen molar-refractivity contribution in [3.63, 3.8) is 0 Å². The predicted octanol–water partition coefficient (Wildman–Crippen LogP) is 3.44. The van der Waals surface area contributed by atoms with E-state index in [1.807, 2.05) is 20.8 Å². The van der Waals surface area contributed by atoms with Gasteiger partial charge < -0.3 is 11.1 Å². The third kappa shape index (κ3) is 6.38. The maximum atomic E-state index is 13.4. The molecule has 19 heavy (non-hydrogen) atoms. The number of guanidine groups is 1. The van der Waals surface area contributed by atoms with Crippen LogP contribution in [0.15, 0.2) is 17.1 Å². The number of nitrogens with zero attached hydrogens (tertiary/aromatic N) is 1. The second-order valence-corrected chi connectivity index (χ2v) is 5.34. The van der Waals surface area contributed by atoms with E-state index in [1.165, 1.54) is 0 Å². The molecule has 0 saturated carbocycles. The molecule has 3 nitrogen and oxygen atoms in total. The van der Waals surface area contributed by atoms with Crippen molar-refractivity contribution in [3.8, 4) is 0 Å². The van der Waals surface area contributed by atoms with Crippen LogP contribution in [-0.4, -0.2) is 11.5 Å². The Hall–Kier alpha value is -0.630. The summed E-state index contributed by atoms with van der Waals surface area (Å²) in [6, 6.07) is 1.95. The van der Waals surface area contributed by atoms with E-state index in [2.05, 4.69) is 10.3 Å². The van der Waals surface area contributed by atoms with Crippen LogP contribution in [0.3, 0.4) is 0 Å². The molecule has 0 unspecified atom stereocenters. The Morgan fingerprint density at radius 3 is 2.42 bits per heavy atom. The Morgan fingerprint density at radius 1 is 1.32 bits per heavy atom. The lowest BCUT2D eigenvalue weighted by Gasteiger charge is -2.21. The van der Waals surface area contributed by atoms with Gasteiger partial charge in [-0.05, 0) is 32.9 Å². The monoisotopic (exact) mass is 403 g/mol. The van der Waals surface area contributed by atoms with E-state index in [9.17, 15) is 8.78 Å². The number of benzene rings is 1. The van der Waals surface area contributed by atoms with E-state index in [-0.39, 0.29) is 52.6 Å². The summed E-state index contributed by atoms with van der Waals surface area (Å²) in [6.45, 7) is 5.70. The first kappa shape index (κ1) is 18.4. The van der Waals surface area contributed by atoms with Crippen molar-refractivity contribution in [2.75, 3.05) is 0 Å². The third-order valence-electron chi connectivity index (χ3n) is 2.01. The lowest BCUT2D eigenvalue weighted by atomic mass is 10.1. The zero-order valence-electron chi connectivity index (χ0n) is 10.9. The molecule has 0 aliphatic rings. The van der Waals surface area contributed by atoms with E-state index in [4.69, 9.17) is 17.3 Å². The topological polar surface area (TPSA) is 50.4 Å². The second kappa shape index (κ2) is 7.23. The van der Waals surface area contributed by atoms with Gasteiger partial charge in [0.05, 0.1) is 11.6 Å². The first-order valence-electron chi connectivity index (χ1n) is 5.40. The van der Waals surface area contributed by atoms with Crippen LogP contribution in [0.25, 0.3) is 0 Å². The molecule has 0 heterocycles. The molecular weight excluding hydrogens is 387 g/mol. The number of rotatable bonds is 2. The molecule has 0 fully saturated rings. The van der Waals surface area contributed by atoms with Crippen LogP contribution in [0.5, 0.6) is 0 Å². The van der Waals surface area contributed by atoms with E-state index < -0.39 is 11.6 Å². The van der Waals surface area contributed by atoms with Crippen LogP contribution in [0.2, 0.25) is 5.02 Å². The molecule has 0 spiro atoms. The smallest absolute Gasteiger partial charge is 0.189 e. The molecule has 0 amide bonds. The highest BCUT2D eigenvalue weighted by molar-refractivity contribution is 14.0. The molecule has 1 aromatic rings. The maximum absolute atomic E-state index is 13.4. The van der Waals surface area contributed by atoms with Gasteiger partial charge in [0.1, 0.15) is 11.6 Å². The molecule has 0 atom stereocenters. The van der Waals surface area contributed by atoms with Gasteiger partial charge in [-0.3, -0.25) is 0 Å². The Balaban J connectivity index is 0.00000324. The summed E-state index contributed by atoms with van der Waals surface area (Å²) in [5, 5.41) is 2.67. The molecule has 3 N–H and O–H groups in total. The molecule has 0 aliphatic heterocycles. The van der Waals surface area contributed by atoms with Crippen LogP contribution in [0.1, 0.15) is 26.3 Å². The predicted molar refractivity (Wildman–Crippen MR) is 85.0 cm³/mol. The fourth-order valence-electron chi connectivity index (χ4n) is 1.28. The quantitative estimate of drug-likeness (QED) is 0.344. The maximum Gasteiger partial charge on any atom is 0.189 e. The van der Waals surface area contributed by atoms with Crippen LogP contribution >= 0.6 is 35.6 Å². The van der Waals surface area contributed by atoms with Crippen molar-refractivity contribution >= 4 is 41.5 Å². The molecule has 1 rings (SSSR count). The minimum atomic E-state index is -0.675. The lowest BCUT2D eigenvalue weighted by molar-refractivity contribution is 0.508. The molecule has 0 saturated heterocycles. The Kier molecular flexibility index (Phi) is 6.99. The van der Waals surface area contributed by atoms with Crippen LogP contribution in [0, 0.1) is 11.6 Å². The Bertz CT molecular complexity index is 473. The van der Waals surface area contributed by atoms with Gasteiger partial charge in [-0.25, -0.2) is 13.8 Å². The highest BCUT2D eigenvalue weighted by Crippen LogP contribution is 2.19. The average molecular weight is 404 g/mol. The number of nitrogens with one attached hydrogen (secondary N) is 1. The number of nitrogens with two attached hydrogens (primary N) is 1. The summed E-state index contributed by atoms with van der Waals surface area (Å²) in [5.74, 6) is -1.10. The van der Waals surface area contributed by atoms with Crippen molar-refractivity contribution in [1.29, 1.82) is 0 Å². The van der Waals surface area contributed by atoms with Crippen LogP contribution in [-0.2, 0) is 6.54 Å². The molecule has 1 aromatic carbocycles. The van der Waals surface area contributed by atoms with Crippen molar-refractivity contribution in [1.82, 2.24) is 5.32 Å². The highest BCUT2D eigenvalue weighted by Gasteiger charge is 2.11. The SMILES string of the molecule is CC(C)(C)NC(N)=NCc1cc(F)c(Cl)cc1F.I. The van der Waals surface area contributed by atoms with Gasteiger partial charge in [-0.15, -0.1) is 24.0 Å². The van der Waals surface area contributed by atoms with Gasteiger partial charge in [-0.1, -0.05) is 11.6 Å². The molecule has 0 radical (unpaired) electrons. The summed E-state index contributed by atoms with van der Waals surface area (Å²) < 4.78 is 26.6. The Morgan fingerprint density at radius 2 is 1.89 bits per heavy atom. The van der Waals surface area contributed by atoms with Gasteiger partial charge in [0.2, 0.25) is 0 Å². The third-order valence-corrected chi connectivity index (χ3v) is 2.30. The number of halogens is 4. The molecule has 0 aromatic heterocycles. The standard InChI is InChI=1S/C12H16ClF2N3.HI/c1-12(2,3)18-11(16)17-6-7-4-10(15)8(13)5-9(7)14;/h4-5H,6H2,1-3H3,(H3,16,17,18);1H. The summed E-state index contributed by atoms with van der Waals surface area (Å²) in [7, 11) is 0. The largest absolute Gasteiger partial charge is 0.370 e. The average Bonchev–Trinajstić information content (AvgIpc) is 2.19. The summed E-state index contributed by atoms with van der Waals surface area (Å²) in [4.78, 5) is 3.94. The molecule has 0 aliphatic carbocycles. The van der Waals surface area contributed by atoms with Gasteiger partial charge in [0.15, 0.2) is 5.96 Å². The van der Waals surface area contributed by atoms with Crippen LogP contribution < -0.4 is 11.1 Å². The van der Waals surface area contributed by atoms with Gasteiger partial charge in [-0.2, -0.15) is 0 Å². The normalized spacial score (nSPS) is 12.0. The first-order valence-corrected chi connectivity index (χ1v) is 5.78. The van der Waals surface area contributed by atoms with Crippen LogP contribution in [0.4, 0.5) is 8.78 Å². The number of hydrogen-bond acceptors (Lipinski definition) is 1. The summed E-state index contributed by atoms with van der Waals surface area (Å²) >= 11 is 5.45. The Labute approximate surface area is 133 Å². The van der Waals surface area contributed by atoms with E-state index in [0.717, 1.165) is 12.1 Å². The zero-order valence-corrected chi connectivity index (χ0v) is 14.0. The minimum absolute atomic E-state index is 0. The zero-order chi connectivity index (χ0) is 13.9. The van der Waals surface area contributed by atoms with Crippen molar-refractivity contribution < 1.29 is 8.78 Å². The fourth-order valence-corrected chi connectivity index (χ4v) is 1.43. The van der Waals surface area contributed by atoms with E-state index >= 15 is 0 Å². The van der Waals surface area contributed by atoms with E-state index in [0.29, 0.717) is 0 Å². The van der Waals surface area contributed by atoms with Crippen molar-refractivity contribution in [2.24, 2.45) is 10.7 Å². The van der Waals surface area contributed by atoms with E-state index in [1.54, 1.807) is 0 Å². The lowest BCUT2D eigenvalue weighted by Crippen LogP contribution is -2.45. The van der Waals surface area contributed by atoms with Crippen molar-refractivity contribution in [2.45, 2.75) is 32.9 Å². The molecular formula is C12H17ClF2IN3. The number of aliphatic imine (C=N–C) groups is 1. The second-order valence-electron chi connectivity index (χ2n) is 4.93. The minimum Gasteiger partial charge on any atom is -0.370 e. The van der Waals surface area contributed by atoms with Crippen molar-refractivity contribution in [3.05, 3.63) is 34.4 Å². The van der Waals surface area contributed by atoms with Gasteiger partial charge in [0, 0.05) is 11.1 Å². The summed E-state index contributed by atoms with van der Waals surface area (Å²) in [6.07, 6.45) is 0. The first-order chi connectivity index (χ1) is 8.19. The van der Waals surface area contributed by atoms with Gasteiger partial charge in [0.25, 0.3) is 0 Å². The molecule has 0 bridgehead atoms. The molecule has 7 heteroatoms. The summed E-state index contributed by atoms with van der Waals surface area (Å²) in [5.41, 5.74) is 5.49.